The van der Waals surface area contributed by atoms with Gasteiger partial charge in [-0.25, -0.2) is 12.8 Å². The topological polar surface area (TPSA) is 57.7 Å². The van der Waals surface area contributed by atoms with Crippen LogP contribution in [0.4, 0.5) is 4.39 Å². The molecule has 0 aliphatic carbocycles. The van der Waals surface area contributed by atoms with E-state index in [-0.39, 0.29) is 52.8 Å². The Kier molecular flexibility index (Phi) is 5.56. The summed E-state index contributed by atoms with van der Waals surface area (Å²) in [6, 6.07) is 10.7. The van der Waals surface area contributed by atoms with Crippen LogP contribution in [0, 0.1) is 5.82 Å². The number of rotatable bonds is 3. The Balaban J connectivity index is 1.50. The van der Waals surface area contributed by atoms with E-state index in [9.17, 15) is 17.6 Å². The van der Waals surface area contributed by atoms with E-state index in [0.717, 1.165) is 0 Å². The maximum absolute atomic E-state index is 13.9. The van der Waals surface area contributed by atoms with E-state index in [1.54, 1.807) is 23.1 Å². The third kappa shape index (κ3) is 3.75. The van der Waals surface area contributed by atoms with E-state index >= 15 is 0 Å². The van der Waals surface area contributed by atoms with Crippen LogP contribution in [0.1, 0.15) is 9.67 Å². The van der Waals surface area contributed by atoms with E-state index in [1.807, 2.05) is 0 Å². The van der Waals surface area contributed by atoms with E-state index < -0.39 is 10.0 Å². The SMILES string of the molecule is O=C(c1cc2c(F)cccc2s1)N1CCN(S(=O)(=O)c2cccc(Cl)c2Cl)CC1. The number of amides is 1. The summed E-state index contributed by atoms with van der Waals surface area (Å²) in [6.45, 7) is 0.728. The molecule has 3 aromatic rings. The van der Waals surface area contributed by atoms with Crippen molar-refractivity contribution < 1.29 is 17.6 Å². The normalized spacial score (nSPS) is 15.8. The Bertz CT molecular complexity index is 1210. The summed E-state index contributed by atoms with van der Waals surface area (Å²) >= 11 is 13.2. The largest absolute Gasteiger partial charge is 0.335 e. The number of hydrogen-bond acceptors (Lipinski definition) is 4. The molecule has 1 fully saturated rings. The van der Waals surface area contributed by atoms with Crippen molar-refractivity contribution in [3.05, 3.63) is 63.2 Å². The van der Waals surface area contributed by atoms with Crippen LogP contribution in [0.15, 0.2) is 47.4 Å². The van der Waals surface area contributed by atoms with Crippen molar-refractivity contribution in [1.29, 1.82) is 0 Å². The molecule has 1 aliphatic heterocycles. The maximum atomic E-state index is 13.9. The lowest BCUT2D eigenvalue weighted by molar-refractivity contribution is 0.0703. The number of carbonyl (C=O) groups is 1. The highest BCUT2D eigenvalue weighted by atomic mass is 35.5. The van der Waals surface area contributed by atoms with Gasteiger partial charge in [0.05, 0.1) is 14.9 Å². The third-order valence-corrected chi connectivity index (χ3v) is 8.74. The standard InChI is InChI=1S/C19H15Cl2FN2O3S2/c20-13-3-1-6-17(18(13)21)29(26,27)24-9-7-23(8-10-24)19(25)16-11-12-14(22)4-2-5-15(12)28-16/h1-6,11H,7-10H2. The number of hydrogen-bond donors (Lipinski definition) is 0. The number of thiophene rings is 1. The highest BCUT2D eigenvalue weighted by molar-refractivity contribution is 7.89. The average Bonchev–Trinajstić information content (AvgIpc) is 3.15. The summed E-state index contributed by atoms with van der Waals surface area (Å²) in [4.78, 5) is 14.8. The van der Waals surface area contributed by atoms with Gasteiger partial charge in [-0.3, -0.25) is 4.79 Å². The van der Waals surface area contributed by atoms with Crippen molar-refractivity contribution >= 4 is 60.6 Å². The highest BCUT2D eigenvalue weighted by Crippen LogP contribution is 2.32. The third-order valence-electron chi connectivity index (χ3n) is 4.78. The molecule has 1 amide bonds. The van der Waals surface area contributed by atoms with Gasteiger partial charge in [0.25, 0.3) is 5.91 Å². The molecule has 5 nitrogen and oxygen atoms in total. The molecule has 1 aliphatic rings. The minimum Gasteiger partial charge on any atom is -0.335 e. The van der Waals surface area contributed by atoms with Crippen molar-refractivity contribution in [3.63, 3.8) is 0 Å². The summed E-state index contributed by atoms with van der Waals surface area (Å²) < 4.78 is 41.7. The summed E-state index contributed by atoms with van der Waals surface area (Å²) in [5, 5.41) is 0.566. The molecular formula is C19H15Cl2FN2O3S2. The van der Waals surface area contributed by atoms with Gasteiger partial charge < -0.3 is 4.90 Å². The maximum Gasteiger partial charge on any atom is 0.264 e. The molecular weight excluding hydrogens is 458 g/mol. The smallest absolute Gasteiger partial charge is 0.264 e. The quantitative estimate of drug-likeness (QED) is 0.563. The summed E-state index contributed by atoms with van der Waals surface area (Å²) in [5.41, 5.74) is 0. The molecule has 1 aromatic heterocycles. The van der Waals surface area contributed by atoms with E-state index in [2.05, 4.69) is 0 Å². The van der Waals surface area contributed by atoms with Gasteiger partial charge in [0.1, 0.15) is 10.7 Å². The fourth-order valence-electron chi connectivity index (χ4n) is 3.24. The Hall–Kier alpha value is -1.71. The van der Waals surface area contributed by atoms with Crippen LogP contribution in [0.2, 0.25) is 10.0 Å². The molecule has 0 spiro atoms. The second-order valence-electron chi connectivity index (χ2n) is 6.51. The lowest BCUT2D eigenvalue weighted by Crippen LogP contribution is -2.50. The van der Waals surface area contributed by atoms with Crippen molar-refractivity contribution in [2.24, 2.45) is 0 Å². The average molecular weight is 473 g/mol. The van der Waals surface area contributed by atoms with Gasteiger partial charge in [-0.05, 0) is 30.3 Å². The lowest BCUT2D eigenvalue weighted by atomic mass is 10.2. The van der Waals surface area contributed by atoms with Gasteiger partial charge in [0.15, 0.2) is 0 Å². The predicted octanol–water partition coefficient (Wildman–Crippen LogP) is 4.49. The fourth-order valence-corrected chi connectivity index (χ4v) is 6.44. The first-order valence-corrected chi connectivity index (χ1v) is 11.7. The minimum absolute atomic E-state index is 0.0139. The molecule has 1 saturated heterocycles. The van der Waals surface area contributed by atoms with Crippen LogP contribution in [-0.2, 0) is 10.0 Å². The predicted molar refractivity (Wildman–Crippen MR) is 113 cm³/mol. The molecule has 0 saturated carbocycles. The van der Waals surface area contributed by atoms with E-state index in [4.69, 9.17) is 23.2 Å². The fraction of sp³-hybridized carbons (Fsp3) is 0.211. The molecule has 0 atom stereocenters. The Morgan fingerprint density at radius 3 is 2.41 bits per heavy atom. The number of nitrogens with zero attached hydrogens (tertiary/aromatic N) is 2. The van der Waals surface area contributed by atoms with E-state index in [1.165, 1.54) is 39.9 Å². The lowest BCUT2D eigenvalue weighted by Gasteiger charge is -2.34. The number of benzene rings is 2. The first-order chi connectivity index (χ1) is 13.8. The Labute approximate surface area is 181 Å². The summed E-state index contributed by atoms with van der Waals surface area (Å²) in [7, 11) is -3.82. The van der Waals surface area contributed by atoms with Crippen LogP contribution in [0.25, 0.3) is 10.1 Å². The molecule has 0 radical (unpaired) electrons. The van der Waals surface area contributed by atoms with Crippen LogP contribution in [0.5, 0.6) is 0 Å². The molecule has 2 aromatic carbocycles. The molecule has 29 heavy (non-hydrogen) atoms. The minimum atomic E-state index is -3.82. The molecule has 10 heteroatoms. The molecule has 0 N–H and O–H groups in total. The number of fused-ring (bicyclic) bond motifs is 1. The van der Waals surface area contributed by atoms with Gasteiger partial charge in [-0.2, -0.15) is 4.31 Å². The number of carbonyl (C=O) groups excluding carboxylic acids is 1. The second kappa shape index (κ2) is 7.85. The van der Waals surface area contributed by atoms with Crippen molar-refractivity contribution in [1.82, 2.24) is 9.21 Å². The van der Waals surface area contributed by atoms with E-state index in [0.29, 0.717) is 15.0 Å². The number of sulfonamides is 1. The van der Waals surface area contributed by atoms with Gasteiger partial charge in [-0.1, -0.05) is 35.3 Å². The first kappa shape index (κ1) is 20.6. The monoisotopic (exact) mass is 472 g/mol. The van der Waals surface area contributed by atoms with Gasteiger partial charge >= 0.3 is 0 Å². The van der Waals surface area contributed by atoms with Gasteiger partial charge in [-0.15, -0.1) is 11.3 Å². The van der Waals surface area contributed by atoms with Crippen molar-refractivity contribution in [3.8, 4) is 0 Å². The van der Waals surface area contributed by atoms with Crippen LogP contribution < -0.4 is 0 Å². The van der Waals surface area contributed by atoms with Crippen molar-refractivity contribution in [2.75, 3.05) is 26.2 Å². The van der Waals surface area contributed by atoms with Gasteiger partial charge in [0, 0.05) is 36.3 Å². The molecule has 2 heterocycles. The van der Waals surface area contributed by atoms with Crippen molar-refractivity contribution in [2.45, 2.75) is 4.90 Å². The summed E-state index contributed by atoms with van der Waals surface area (Å²) in [6.07, 6.45) is 0. The zero-order valence-electron chi connectivity index (χ0n) is 14.9. The first-order valence-electron chi connectivity index (χ1n) is 8.70. The van der Waals surface area contributed by atoms with Crippen LogP contribution in [-0.4, -0.2) is 49.7 Å². The second-order valence-corrected chi connectivity index (χ2v) is 10.3. The Morgan fingerprint density at radius 2 is 1.72 bits per heavy atom. The molecule has 0 unspecified atom stereocenters. The molecule has 152 valence electrons. The number of halogens is 3. The molecule has 0 bridgehead atoms. The number of piperazine rings is 1. The van der Waals surface area contributed by atoms with Crippen LogP contribution in [0.3, 0.4) is 0 Å². The van der Waals surface area contributed by atoms with Gasteiger partial charge in [0.2, 0.25) is 10.0 Å². The zero-order chi connectivity index (χ0) is 20.8. The van der Waals surface area contributed by atoms with Crippen LogP contribution >= 0.6 is 34.5 Å². The molecule has 4 rings (SSSR count). The zero-order valence-corrected chi connectivity index (χ0v) is 18.1. The summed E-state index contributed by atoms with van der Waals surface area (Å²) in [5.74, 6) is -0.601. The highest BCUT2D eigenvalue weighted by Gasteiger charge is 2.32. The Morgan fingerprint density at radius 1 is 1.03 bits per heavy atom.